The first-order valence-electron chi connectivity index (χ1n) is 12.7. The van der Waals surface area contributed by atoms with Gasteiger partial charge in [0, 0.05) is 17.3 Å². The van der Waals surface area contributed by atoms with Crippen LogP contribution in [0.25, 0.3) is 22.2 Å². The monoisotopic (exact) mass is 507 g/mol. The van der Waals surface area contributed by atoms with Crippen molar-refractivity contribution in [1.29, 1.82) is 0 Å². The third kappa shape index (κ3) is 5.37. The first kappa shape index (κ1) is 25.0. The maximum Gasteiger partial charge on any atom is 0.364 e. The minimum atomic E-state index is -0.825. The molecule has 0 aliphatic heterocycles. The van der Waals surface area contributed by atoms with Gasteiger partial charge in [0.05, 0.1) is 17.6 Å². The minimum absolute atomic E-state index is 0.214. The molecule has 0 unspecified atom stereocenters. The summed E-state index contributed by atoms with van der Waals surface area (Å²) in [6.45, 7) is 4.89. The molecule has 2 aromatic heterocycles. The second-order valence-corrected chi connectivity index (χ2v) is 9.77. The fraction of sp³-hybridized carbons (Fsp3) is 0.194. The maximum absolute atomic E-state index is 12.9. The highest BCUT2D eigenvalue weighted by Crippen LogP contribution is 2.33. The van der Waals surface area contributed by atoms with E-state index in [2.05, 4.69) is 24.3 Å². The normalized spacial score (nSPS) is 11.2. The summed E-state index contributed by atoms with van der Waals surface area (Å²) in [6.07, 6.45) is 3.58. The maximum atomic E-state index is 12.9. The Morgan fingerprint density at radius 2 is 1.79 bits per heavy atom. The zero-order chi connectivity index (χ0) is 26.6. The first-order chi connectivity index (χ1) is 18.4. The van der Waals surface area contributed by atoms with Crippen LogP contribution in [0.5, 0.6) is 5.75 Å². The molecule has 0 radical (unpaired) electrons. The molecular formula is C31H29N3O4. The van der Waals surface area contributed by atoms with Gasteiger partial charge in [-0.25, -0.2) is 4.79 Å². The van der Waals surface area contributed by atoms with E-state index in [0.717, 1.165) is 35.2 Å². The van der Waals surface area contributed by atoms with E-state index >= 15 is 0 Å². The number of aryl methyl sites for hydroxylation is 1. The zero-order valence-corrected chi connectivity index (χ0v) is 21.3. The van der Waals surface area contributed by atoms with E-state index in [0.29, 0.717) is 23.4 Å². The number of anilines is 1. The van der Waals surface area contributed by atoms with Crippen molar-refractivity contribution in [2.45, 2.75) is 33.2 Å². The van der Waals surface area contributed by atoms with Gasteiger partial charge in [0.25, 0.3) is 5.91 Å². The highest BCUT2D eigenvalue weighted by molar-refractivity contribution is 6.06. The lowest BCUT2D eigenvalue weighted by molar-refractivity contribution is 0.102. The second-order valence-electron chi connectivity index (χ2n) is 9.77. The number of aromatic hydroxyl groups is 1. The van der Waals surface area contributed by atoms with Crippen molar-refractivity contribution in [1.82, 2.24) is 9.78 Å². The Labute approximate surface area is 220 Å². The molecular weight excluding hydrogens is 478 g/mol. The van der Waals surface area contributed by atoms with E-state index in [-0.39, 0.29) is 17.0 Å². The summed E-state index contributed by atoms with van der Waals surface area (Å²) in [5.74, 6) is -0.263. The summed E-state index contributed by atoms with van der Waals surface area (Å²) >= 11 is 0. The van der Waals surface area contributed by atoms with Crippen molar-refractivity contribution >= 4 is 22.6 Å². The van der Waals surface area contributed by atoms with Crippen molar-refractivity contribution in [2.24, 2.45) is 5.92 Å². The van der Waals surface area contributed by atoms with Gasteiger partial charge >= 0.3 is 5.63 Å². The van der Waals surface area contributed by atoms with Gasteiger partial charge in [-0.2, -0.15) is 5.10 Å². The number of carbonyl (C=O) groups excluding carboxylic acids is 1. The summed E-state index contributed by atoms with van der Waals surface area (Å²) in [5, 5.41) is 18.2. The Balaban J connectivity index is 1.41. The predicted molar refractivity (Wildman–Crippen MR) is 148 cm³/mol. The Morgan fingerprint density at radius 1 is 1.00 bits per heavy atom. The van der Waals surface area contributed by atoms with Crippen molar-refractivity contribution in [3.05, 3.63) is 112 Å². The smallest absolute Gasteiger partial charge is 0.364 e. The molecule has 5 rings (SSSR count). The van der Waals surface area contributed by atoms with Gasteiger partial charge in [0.2, 0.25) is 0 Å². The lowest BCUT2D eigenvalue weighted by atomic mass is 10.0. The SMILES string of the molecule is CC(C)CCc1cccc(C(=O)Nc2c(O)c3ccc(-c4ccnn4Cc4ccccc4)cc3oc2=O)c1. The molecule has 0 bridgehead atoms. The van der Waals surface area contributed by atoms with E-state index in [4.69, 9.17) is 4.42 Å². The number of rotatable bonds is 8. The lowest BCUT2D eigenvalue weighted by Crippen LogP contribution is -2.18. The molecule has 7 nitrogen and oxygen atoms in total. The van der Waals surface area contributed by atoms with Gasteiger partial charge < -0.3 is 14.8 Å². The van der Waals surface area contributed by atoms with Crippen LogP contribution in [-0.2, 0) is 13.0 Å². The molecule has 1 amide bonds. The Bertz CT molecular complexity index is 1650. The van der Waals surface area contributed by atoms with Crippen LogP contribution >= 0.6 is 0 Å². The average Bonchev–Trinajstić information content (AvgIpc) is 3.38. The molecule has 0 saturated carbocycles. The molecule has 192 valence electrons. The van der Waals surface area contributed by atoms with Crippen LogP contribution in [-0.4, -0.2) is 20.8 Å². The molecule has 5 aromatic rings. The predicted octanol–water partition coefficient (Wildman–Crippen LogP) is 6.25. The number of nitrogens with zero attached hydrogens (tertiary/aromatic N) is 2. The fourth-order valence-electron chi connectivity index (χ4n) is 4.42. The van der Waals surface area contributed by atoms with Crippen molar-refractivity contribution in [2.75, 3.05) is 5.32 Å². The second kappa shape index (κ2) is 10.8. The quantitative estimate of drug-likeness (QED) is 0.242. The van der Waals surface area contributed by atoms with E-state index in [1.54, 1.807) is 24.4 Å². The van der Waals surface area contributed by atoms with Gasteiger partial charge in [-0.15, -0.1) is 0 Å². The number of hydrogen-bond donors (Lipinski definition) is 2. The number of hydrogen-bond acceptors (Lipinski definition) is 5. The topological polar surface area (TPSA) is 97.4 Å². The number of carbonyl (C=O) groups is 1. The molecule has 38 heavy (non-hydrogen) atoms. The van der Waals surface area contributed by atoms with Crippen molar-refractivity contribution in [3.63, 3.8) is 0 Å². The van der Waals surface area contributed by atoms with Crippen LogP contribution in [0.3, 0.4) is 0 Å². The highest BCUT2D eigenvalue weighted by Gasteiger charge is 2.19. The molecule has 0 atom stereocenters. The van der Waals surface area contributed by atoms with Crippen molar-refractivity contribution in [3.8, 4) is 17.0 Å². The summed E-state index contributed by atoms with van der Waals surface area (Å²) < 4.78 is 7.40. The number of fused-ring (bicyclic) bond motifs is 1. The largest absolute Gasteiger partial charge is 0.505 e. The van der Waals surface area contributed by atoms with Crippen LogP contribution in [0.4, 0.5) is 5.69 Å². The van der Waals surface area contributed by atoms with Crippen LogP contribution in [0.1, 0.15) is 41.8 Å². The molecule has 0 fully saturated rings. The summed E-state index contributed by atoms with van der Waals surface area (Å²) in [6, 6.07) is 24.3. The summed E-state index contributed by atoms with van der Waals surface area (Å²) in [7, 11) is 0. The Hall–Kier alpha value is -4.65. The van der Waals surface area contributed by atoms with Gasteiger partial charge in [0.1, 0.15) is 5.58 Å². The molecule has 2 N–H and O–H groups in total. The van der Waals surface area contributed by atoms with Crippen LogP contribution in [0, 0.1) is 5.92 Å². The molecule has 2 heterocycles. The molecule has 0 aliphatic rings. The van der Waals surface area contributed by atoms with Gasteiger partial charge in [-0.05, 0) is 60.2 Å². The summed E-state index contributed by atoms with van der Waals surface area (Å²) in [5.41, 5.74) is 3.29. The molecule has 0 spiro atoms. The number of aromatic nitrogens is 2. The van der Waals surface area contributed by atoms with E-state index in [1.807, 2.05) is 65.3 Å². The van der Waals surface area contributed by atoms with E-state index < -0.39 is 11.5 Å². The zero-order valence-electron chi connectivity index (χ0n) is 21.3. The number of amides is 1. The standard InChI is InChI=1S/C31H29N3O4/c1-20(2)11-12-21-9-6-10-24(17-21)30(36)33-28-29(35)25-14-13-23(18-27(25)38-31(28)37)26-15-16-32-34(26)19-22-7-4-3-5-8-22/h3-10,13-18,20,35H,11-12,19H2,1-2H3,(H,33,36). The Kier molecular flexibility index (Phi) is 7.09. The molecule has 3 aromatic carbocycles. The van der Waals surface area contributed by atoms with Gasteiger partial charge in [0.15, 0.2) is 11.4 Å². The van der Waals surface area contributed by atoms with Crippen LogP contribution < -0.4 is 10.9 Å². The van der Waals surface area contributed by atoms with Gasteiger partial charge in [-0.3, -0.25) is 9.48 Å². The Morgan fingerprint density at radius 3 is 2.58 bits per heavy atom. The fourth-order valence-corrected chi connectivity index (χ4v) is 4.42. The van der Waals surface area contributed by atoms with Crippen LogP contribution in [0.15, 0.2) is 94.3 Å². The van der Waals surface area contributed by atoms with E-state index in [9.17, 15) is 14.7 Å². The molecule has 7 heteroatoms. The molecule has 0 aliphatic carbocycles. The highest BCUT2D eigenvalue weighted by atomic mass is 16.4. The van der Waals surface area contributed by atoms with Gasteiger partial charge in [-0.1, -0.05) is 62.4 Å². The number of benzene rings is 3. The molecule has 0 saturated heterocycles. The minimum Gasteiger partial charge on any atom is -0.505 e. The summed E-state index contributed by atoms with van der Waals surface area (Å²) in [4.78, 5) is 25.7. The first-order valence-corrected chi connectivity index (χ1v) is 12.7. The van der Waals surface area contributed by atoms with Crippen molar-refractivity contribution < 1.29 is 14.3 Å². The number of nitrogens with one attached hydrogen (secondary N) is 1. The lowest BCUT2D eigenvalue weighted by Gasteiger charge is -2.11. The third-order valence-corrected chi connectivity index (χ3v) is 6.51. The third-order valence-electron chi connectivity index (χ3n) is 6.51. The average molecular weight is 508 g/mol. The van der Waals surface area contributed by atoms with E-state index in [1.165, 1.54) is 0 Å². The van der Waals surface area contributed by atoms with Crippen LogP contribution in [0.2, 0.25) is 0 Å².